The lowest BCUT2D eigenvalue weighted by atomic mass is 10.2. The van der Waals surface area contributed by atoms with Gasteiger partial charge in [-0.15, -0.1) is 0 Å². The molecule has 0 radical (unpaired) electrons. The lowest BCUT2D eigenvalue weighted by Gasteiger charge is -2.00. The smallest absolute Gasteiger partial charge is 0.207 e. The van der Waals surface area contributed by atoms with Gasteiger partial charge in [-0.25, -0.2) is 12.8 Å². The molecule has 1 aromatic rings. The van der Waals surface area contributed by atoms with Crippen molar-refractivity contribution in [2.75, 3.05) is 0 Å². The van der Waals surface area contributed by atoms with Gasteiger partial charge in [0.15, 0.2) is 5.82 Å². The molecular formula is C7H2ClFINO2S. The fourth-order valence-electron chi connectivity index (χ4n) is 0.786. The third-order valence-electron chi connectivity index (χ3n) is 1.40. The van der Waals surface area contributed by atoms with Gasteiger partial charge >= 0.3 is 0 Å². The third kappa shape index (κ3) is 2.34. The third-order valence-corrected chi connectivity index (χ3v) is 3.52. The molecule has 1 aromatic carbocycles. The van der Waals surface area contributed by atoms with Crippen molar-refractivity contribution in [2.24, 2.45) is 0 Å². The predicted octanol–water partition coefficient (Wildman–Crippen LogP) is 2.23. The largest absolute Gasteiger partial charge is 0.261 e. The van der Waals surface area contributed by atoms with Crippen molar-refractivity contribution in [1.82, 2.24) is 0 Å². The summed E-state index contributed by atoms with van der Waals surface area (Å²) in [4.78, 5) is -0.276. The molecule has 0 heterocycles. The number of rotatable bonds is 1. The lowest BCUT2D eigenvalue weighted by molar-refractivity contribution is 0.604. The van der Waals surface area contributed by atoms with Crippen molar-refractivity contribution in [2.45, 2.75) is 4.90 Å². The molecule has 0 fully saturated rings. The fourth-order valence-corrected chi connectivity index (χ4v) is 2.41. The Kier molecular flexibility index (Phi) is 3.34. The number of benzene rings is 1. The molecule has 0 bridgehead atoms. The number of nitrogens with zero attached hydrogens (tertiary/aromatic N) is 1. The summed E-state index contributed by atoms with van der Waals surface area (Å²) in [6, 6.07) is 3.52. The van der Waals surface area contributed by atoms with Crippen LogP contribution in [0.25, 0.3) is 0 Å². The molecule has 74 valence electrons. The molecule has 0 spiro atoms. The van der Waals surface area contributed by atoms with Crippen LogP contribution >= 0.6 is 33.3 Å². The first kappa shape index (κ1) is 11.7. The van der Waals surface area contributed by atoms with Gasteiger partial charge in [0.25, 0.3) is 9.05 Å². The number of hydrogen-bond acceptors (Lipinski definition) is 3. The number of halogens is 3. The SMILES string of the molecule is N#Cc1cc(S(=O)(=O)Cl)cc(I)c1F. The summed E-state index contributed by atoms with van der Waals surface area (Å²) in [6.07, 6.45) is 0. The highest BCUT2D eigenvalue weighted by molar-refractivity contribution is 14.1. The molecule has 0 saturated carbocycles. The van der Waals surface area contributed by atoms with E-state index in [1.165, 1.54) is 0 Å². The quantitative estimate of drug-likeness (QED) is 0.579. The molecule has 0 aliphatic carbocycles. The fraction of sp³-hybridized carbons (Fsp3) is 0. The highest BCUT2D eigenvalue weighted by Gasteiger charge is 2.16. The van der Waals surface area contributed by atoms with Gasteiger partial charge in [-0.2, -0.15) is 5.26 Å². The molecule has 0 amide bonds. The summed E-state index contributed by atoms with van der Waals surface area (Å²) in [6.45, 7) is 0. The molecule has 3 nitrogen and oxygen atoms in total. The highest BCUT2D eigenvalue weighted by atomic mass is 127. The van der Waals surface area contributed by atoms with Crippen LogP contribution in [0.1, 0.15) is 5.56 Å². The average Bonchev–Trinajstić information content (AvgIpc) is 2.07. The van der Waals surface area contributed by atoms with Crippen LogP contribution in [0, 0.1) is 20.7 Å². The van der Waals surface area contributed by atoms with E-state index in [0.29, 0.717) is 0 Å². The van der Waals surface area contributed by atoms with Gasteiger partial charge in [-0.05, 0) is 34.7 Å². The molecule has 0 N–H and O–H groups in total. The minimum Gasteiger partial charge on any atom is -0.207 e. The topological polar surface area (TPSA) is 57.9 Å². The Morgan fingerprint density at radius 3 is 2.50 bits per heavy atom. The van der Waals surface area contributed by atoms with Crippen molar-refractivity contribution in [3.8, 4) is 6.07 Å². The second kappa shape index (κ2) is 4.00. The van der Waals surface area contributed by atoms with E-state index >= 15 is 0 Å². The summed E-state index contributed by atoms with van der Waals surface area (Å²) in [7, 11) is 1.12. The monoisotopic (exact) mass is 345 g/mol. The maximum atomic E-state index is 13.1. The second-order valence-corrected chi connectivity index (χ2v) is 6.04. The first-order valence-electron chi connectivity index (χ1n) is 3.20. The lowest BCUT2D eigenvalue weighted by Crippen LogP contribution is -1.96. The van der Waals surface area contributed by atoms with E-state index < -0.39 is 14.9 Å². The van der Waals surface area contributed by atoms with E-state index in [4.69, 9.17) is 15.9 Å². The van der Waals surface area contributed by atoms with Gasteiger partial charge in [-0.1, -0.05) is 0 Å². The van der Waals surface area contributed by atoms with Crippen molar-refractivity contribution in [1.29, 1.82) is 5.26 Å². The zero-order valence-corrected chi connectivity index (χ0v) is 10.2. The van der Waals surface area contributed by atoms with E-state index in [-0.39, 0.29) is 14.0 Å². The molecule has 1 rings (SSSR count). The molecule has 0 aliphatic heterocycles. The summed E-state index contributed by atoms with van der Waals surface area (Å²) >= 11 is 1.59. The van der Waals surface area contributed by atoms with Gasteiger partial charge < -0.3 is 0 Å². The van der Waals surface area contributed by atoms with Gasteiger partial charge in [0.05, 0.1) is 14.0 Å². The molecule has 0 aromatic heterocycles. The molecule has 0 atom stereocenters. The van der Waals surface area contributed by atoms with Gasteiger partial charge in [0, 0.05) is 10.7 Å². The molecule has 7 heteroatoms. The van der Waals surface area contributed by atoms with Crippen molar-refractivity contribution < 1.29 is 12.8 Å². The van der Waals surface area contributed by atoms with E-state index in [2.05, 4.69) is 0 Å². The molecule has 0 unspecified atom stereocenters. The maximum absolute atomic E-state index is 13.1. The summed E-state index contributed by atoms with van der Waals surface area (Å²) in [5.74, 6) is -0.739. The predicted molar refractivity (Wildman–Crippen MR) is 56.9 cm³/mol. The van der Waals surface area contributed by atoms with E-state index in [1.54, 1.807) is 28.7 Å². The molecular weight excluding hydrogens is 344 g/mol. The van der Waals surface area contributed by atoms with Crippen LogP contribution in [-0.4, -0.2) is 8.42 Å². The van der Waals surface area contributed by atoms with Crippen LogP contribution in [-0.2, 0) is 9.05 Å². The zero-order chi connectivity index (χ0) is 10.9. The molecule has 0 aliphatic rings. The standard InChI is InChI=1S/C7H2ClFINO2S/c8-14(12,13)5-1-4(3-11)7(9)6(10)2-5/h1-2H. The number of nitriles is 1. The van der Waals surface area contributed by atoms with E-state index in [9.17, 15) is 12.8 Å². The van der Waals surface area contributed by atoms with E-state index in [1.807, 2.05) is 0 Å². The van der Waals surface area contributed by atoms with E-state index in [0.717, 1.165) is 12.1 Å². The average molecular weight is 346 g/mol. The zero-order valence-electron chi connectivity index (χ0n) is 6.46. The Morgan fingerprint density at radius 2 is 2.07 bits per heavy atom. The second-order valence-electron chi connectivity index (χ2n) is 2.32. The minimum absolute atomic E-state index is 0.0425. The van der Waals surface area contributed by atoms with Crippen molar-refractivity contribution >= 4 is 42.3 Å². The van der Waals surface area contributed by atoms with Gasteiger partial charge in [-0.3, -0.25) is 0 Å². The van der Waals surface area contributed by atoms with Crippen molar-refractivity contribution in [3.05, 3.63) is 27.1 Å². The van der Waals surface area contributed by atoms with Crippen LogP contribution in [0.5, 0.6) is 0 Å². The minimum atomic E-state index is -3.93. The van der Waals surface area contributed by atoms with Gasteiger partial charge in [0.2, 0.25) is 0 Å². The normalized spacial score (nSPS) is 11.0. The van der Waals surface area contributed by atoms with Gasteiger partial charge in [0.1, 0.15) is 6.07 Å². The van der Waals surface area contributed by atoms with Crippen LogP contribution in [0.2, 0.25) is 0 Å². The summed E-state index contributed by atoms with van der Waals surface area (Å²) < 4.78 is 34.9. The summed E-state index contributed by atoms with van der Waals surface area (Å²) in [5.41, 5.74) is -0.337. The van der Waals surface area contributed by atoms with Crippen LogP contribution < -0.4 is 0 Å². The van der Waals surface area contributed by atoms with Crippen molar-refractivity contribution in [3.63, 3.8) is 0 Å². The first-order chi connectivity index (χ1) is 6.36. The highest BCUT2D eigenvalue weighted by Crippen LogP contribution is 2.22. The molecule has 0 saturated heterocycles. The number of hydrogen-bond donors (Lipinski definition) is 0. The summed E-state index contributed by atoms with van der Waals surface area (Å²) in [5, 5.41) is 8.50. The Labute approximate surface area is 98.0 Å². The Hall–Kier alpha value is -0.390. The Bertz CT molecular complexity index is 523. The van der Waals surface area contributed by atoms with Crippen LogP contribution in [0.3, 0.4) is 0 Å². The Morgan fingerprint density at radius 1 is 1.50 bits per heavy atom. The molecule has 14 heavy (non-hydrogen) atoms. The Balaban J connectivity index is 3.56. The first-order valence-corrected chi connectivity index (χ1v) is 6.59. The van der Waals surface area contributed by atoms with Crippen LogP contribution in [0.4, 0.5) is 4.39 Å². The van der Waals surface area contributed by atoms with Crippen LogP contribution in [0.15, 0.2) is 17.0 Å². The maximum Gasteiger partial charge on any atom is 0.261 e.